The smallest absolute Gasteiger partial charge is 0.305 e. The summed E-state index contributed by atoms with van der Waals surface area (Å²) >= 11 is 0. The zero-order chi connectivity index (χ0) is 11.0. The first-order valence-corrected chi connectivity index (χ1v) is 5.19. The zero-order valence-electron chi connectivity index (χ0n) is 9.34. The van der Waals surface area contributed by atoms with Gasteiger partial charge in [-0.15, -0.1) is 0 Å². The molecule has 0 fully saturated rings. The molecule has 3 heteroatoms. The number of esters is 1. The number of rotatable bonds is 7. The largest absolute Gasteiger partial charge is 0.469 e. The van der Waals surface area contributed by atoms with E-state index in [0.29, 0.717) is 6.42 Å². The Morgan fingerprint density at radius 2 is 1.93 bits per heavy atom. The number of ether oxygens (including phenoxy) is 1. The van der Waals surface area contributed by atoms with Crippen LogP contribution in [-0.4, -0.2) is 18.9 Å². The third kappa shape index (κ3) is 5.73. The molecule has 0 saturated carbocycles. The van der Waals surface area contributed by atoms with Crippen molar-refractivity contribution in [2.24, 2.45) is 5.92 Å². The highest BCUT2D eigenvalue weighted by atomic mass is 16.5. The highest BCUT2D eigenvalue weighted by molar-refractivity contribution is 5.78. The van der Waals surface area contributed by atoms with E-state index in [4.69, 9.17) is 0 Å². The van der Waals surface area contributed by atoms with Crippen LogP contribution in [0.3, 0.4) is 0 Å². The monoisotopic (exact) mass is 200 g/mol. The first-order chi connectivity index (χ1) is 6.61. The summed E-state index contributed by atoms with van der Waals surface area (Å²) in [5.41, 5.74) is 0. The number of Topliss-reactive ketones (excluding diaryl/α,β-unsaturated/α-hetero) is 1. The lowest BCUT2D eigenvalue weighted by atomic mass is 9.93. The van der Waals surface area contributed by atoms with Crippen molar-refractivity contribution < 1.29 is 14.3 Å². The SMILES string of the molecule is CCCC(CCCC(=O)OC)C(C)=O. The second-order valence-electron chi connectivity index (χ2n) is 3.56. The molecule has 0 aromatic carbocycles. The molecule has 14 heavy (non-hydrogen) atoms. The van der Waals surface area contributed by atoms with Crippen LogP contribution in [0.5, 0.6) is 0 Å². The van der Waals surface area contributed by atoms with Crippen molar-refractivity contribution in [3.8, 4) is 0 Å². The van der Waals surface area contributed by atoms with Gasteiger partial charge in [0, 0.05) is 12.3 Å². The van der Waals surface area contributed by atoms with Crippen molar-refractivity contribution in [1.82, 2.24) is 0 Å². The Labute approximate surface area is 85.8 Å². The Morgan fingerprint density at radius 3 is 2.36 bits per heavy atom. The summed E-state index contributed by atoms with van der Waals surface area (Å²) in [5.74, 6) is 0.171. The molecule has 0 radical (unpaired) electrons. The molecule has 0 spiro atoms. The number of carbonyl (C=O) groups excluding carboxylic acids is 2. The van der Waals surface area contributed by atoms with E-state index in [1.165, 1.54) is 7.11 Å². The molecule has 0 N–H and O–H groups in total. The van der Waals surface area contributed by atoms with E-state index < -0.39 is 0 Å². The maximum atomic E-state index is 11.2. The van der Waals surface area contributed by atoms with Crippen molar-refractivity contribution in [1.29, 1.82) is 0 Å². The van der Waals surface area contributed by atoms with E-state index in [2.05, 4.69) is 11.7 Å². The first kappa shape index (κ1) is 13.1. The maximum absolute atomic E-state index is 11.2. The van der Waals surface area contributed by atoms with Crippen LogP contribution in [0, 0.1) is 5.92 Å². The van der Waals surface area contributed by atoms with Crippen molar-refractivity contribution in [2.75, 3.05) is 7.11 Å². The van der Waals surface area contributed by atoms with Gasteiger partial charge >= 0.3 is 5.97 Å². The van der Waals surface area contributed by atoms with Gasteiger partial charge in [0.25, 0.3) is 0 Å². The number of hydrogen-bond acceptors (Lipinski definition) is 3. The van der Waals surface area contributed by atoms with E-state index in [9.17, 15) is 9.59 Å². The van der Waals surface area contributed by atoms with Gasteiger partial charge in [0.2, 0.25) is 0 Å². The molecule has 1 unspecified atom stereocenters. The molecule has 0 saturated heterocycles. The summed E-state index contributed by atoms with van der Waals surface area (Å²) in [7, 11) is 1.39. The summed E-state index contributed by atoms with van der Waals surface area (Å²) in [6, 6.07) is 0. The summed E-state index contributed by atoms with van der Waals surface area (Å²) in [5, 5.41) is 0. The van der Waals surface area contributed by atoms with Gasteiger partial charge in [0.1, 0.15) is 5.78 Å². The van der Waals surface area contributed by atoms with Crippen molar-refractivity contribution in [2.45, 2.75) is 46.0 Å². The molecule has 0 rings (SSSR count). The molecule has 0 aromatic heterocycles. The van der Waals surface area contributed by atoms with E-state index in [1.807, 2.05) is 0 Å². The van der Waals surface area contributed by atoms with Crippen LogP contribution in [0.2, 0.25) is 0 Å². The van der Waals surface area contributed by atoms with Gasteiger partial charge in [0.05, 0.1) is 7.11 Å². The van der Waals surface area contributed by atoms with Gasteiger partial charge in [-0.1, -0.05) is 13.3 Å². The number of carbonyl (C=O) groups is 2. The lowest BCUT2D eigenvalue weighted by Gasteiger charge is -2.11. The summed E-state index contributed by atoms with van der Waals surface area (Å²) in [4.78, 5) is 22.0. The molecule has 3 nitrogen and oxygen atoms in total. The van der Waals surface area contributed by atoms with Crippen LogP contribution in [0.25, 0.3) is 0 Å². The Balaban J connectivity index is 3.71. The minimum atomic E-state index is -0.191. The maximum Gasteiger partial charge on any atom is 0.305 e. The van der Waals surface area contributed by atoms with E-state index in [0.717, 1.165) is 25.7 Å². The summed E-state index contributed by atoms with van der Waals surface area (Å²) in [6.07, 6.45) is 3.91. The Hall–Kier alpha value is -0.860. The average Bonchev–Trinajstić information content (AvgIpc) is 2.16. The highest BCUT2D eigenvalue weighted by Gasteiger charge is 2.13. The van der Waals surface area contributed by atoms with Crippen LogP contribution in [-0.2, 0) is 14.3 Å². The van der Waals surface area contributed by atoms with Crippen LogP contribution >= 0.6 is 0 Å². The second-order valence-corrected chi connectivity index (χ2v) is 3.56. The second kappa shape index (κ2) is 7.54. The highest BCUT2D eigenvalue weighted by Crippen LogP contribution is 2.15. The molecule has 0 aliphatic rings. The minimum absolute atomic E-state index is 0.129. The molecule has 1 atom stereocenters. The fourth-order valence-electron chi connectivity index (χ4n) is 1.49. The van der Waals surface area contributed by atoms with Gasteiger partial charge in [-0.05, 0) is 26.2 Å². The fourth-order valence-corrected chi connectivity index (χ4v) is 1.49. The lowest BCUT2D eigenvalue weighted by molar-refractivity contribution is -0.141. The Bertz CT molecular complexity index is 187. The third-order valence-electron chi connectivity index (χ3n) is 2.37. The molecular formula is C11H20O3. The average molecular weight is 200 g/mol. The van der Waals surface area contributed by atoms with Crippen molar-refractivity contribution in [3.05, 3.63) is 0 Å². The van der Waals surface area contributed by atoms with Crippen LogP contribution < -0.4 is 0 Å². The molecule has 82 valence electrons. The van der Waals surface area contributed by atoms with Crippen LogP contribution in [0.15, 0.2) is 0 Å². The molecule has 0 aliphatic carbocycles. The number of hydrogen-bond donors (Lipinski definition) is 0. The van der Waals surface area contributed by atoms with Gasteiger partial charge in [-0.3, -0.25) is 9.59 Å². The Morgan fingerprint density at radius 1 is 1.29 bits per heavy atom. The number of ketones is 1. The zero-order valence-corrected chi connectivity index (χ0v) is 9.34. The molecule has 0 heterocycles. The first-order valence-electron chi connectivity index (χ1n) is 5.19. The predicted molar refractivity (Wildman–Crippen MR) is 54.9 cm³/mol. The molecule has 0 aliphatic heterocycles. The number of methoxy groups -OCH3 is 1. The predicted octanol–water partition coefficient (Wildman–Crippen LogP) is 2.33. The lowest BCUT2D eigenvalue weighted by Crippen LogP contribution is -2.11. The molecule has 0 amide bonds. The van der Waals surface area contributed by atoms with E-state index in [1.54, 1.807) is 6.92 Å². The van der Waals surface area contributed by atoms with E-state index >= 15 is 0 Å². The Kier molecular flexibility index (Phi) is 7.07. The van der Waals surface area contributed by atoms with Crippen molar-refractivity contribution >= 4 is 11.8 Å². The molecule has 0 bridgehead atoms. The van der Waals surface area contributed by atoms with Crippen molar-refractivity contribution in [3.63, 3.8) is 0 Å². The summed E-state index contributed by atoms with van der Waals surface area (Å²) < 4.78 is 4.53. The molecule has 0 aromatic rings. The molecular weight excluding hydrogens is 180 g/mol. The van der Waals surface area contributed by atoms with Gasteiger partial charge < -0.3 is 4.74 Å². The van der Waals surface area contributed by atoms with Crippen LogP contribution in [0.4, 0.5) is 0 Å². The fraction of sp³-hybridized carbons (Fsp3) is 0.818. The quantitative estimate of drug-likeness (QED) is 0.592. The van der Waals surface area contributed by atoms with Gasteiger partial charge in [0.15, 0.2) is 0 Å². The minimum Gasteiger partial charge on any atom is -0.469 e. The summed E-state index contributed by atoms with van der Waals surface area (Å²) in [6.45, 7) is 3.69. The van der Waals surface area contributed by atoms with E-state index in [-0.39, 0.29) is 17.7 Å². The van der Waals surface area contributed by atoms with Crippen LogP contribution in [0.1, 0.15) is 46.0 Å². The standard InChI is InChI=1S/C11H20O3/c1-4-6-10(9(2)12)7-5-8-11(13)14-3/h10H,4-8H2,1-3H3. The normalized spacial score (nSPS) is 12.2. The topological polar surface area (TPSA) is 43.4 Å². The van der Waals surface area contributed by atoms with Gasteiger partial charge in [-0.25, -0.2) is 0 Å². The van der Waals surface area contributed by atoms with Gasteiger partial charge in [-0.2, -0.15) is 0 Å². The third-order valence-corrected chi connectivity index (χ3v) is 2.37.